The lowest BCUT2D eigenvalue weighted by Gasteiger charge is -2.21. The summed E-state index contributed by atoms with van der Waals surface area (Å²) in [5.41, 5.74) is 1.20. The highest BCUT2D eigenvalue weighted by Crippen LogP contribution is 2.28. The summed E-state index contributed by atoms with van der Waals surface area (Å²) in [5, 5.41) is 9.51. The molecule has 0 saturated carbocycles. The fourth-order valence-electron chi connectivity index (χ4n) is 2.28. The second kappa shape index (κ2) is 4.74. The van der Waals surface area contributed by atoms with Crippen LogP contribution in [0.2, 0.25) is 0 Å². The molecule has 88 valence electrons. The van der Waals surface area contributed by atoms with Crippen molar-refractivity contribution in [3.8, 4) is 11.5 Å². The van der Waals surface area contributed by atoms with Gasteiger partial charge < -0.3 is 9.84 Å². The zero-order chi connectivity index (χ0) is 11.5. The Morgan fingerprint density at radius 2 is 2.31 bits per heavy atom. The van der Waals surface area contributed by atoms with Crippen molar-refractivity contribution in [1.29, 1.82) is 0 Å². The van der Waals surface area contributed by atoms with Crippen molar-refractivity contribution in [2.24, 2.45) is 0 Å². The maximum absolute atomic E-state index is 9.51. The maximum Gasteiger partial charge on any atom is 0.160 e. The molecular formula is C13H19NO2. The molecule has 1 aliphatic heterocycles. The number of phenols is 1. The van der Waals surface area contributed by atoms with E-state index in [0.717, 1.165) is 6.54 Å². The number of likely N-dealkylation sites (tertiary alicyclic amines) is 1. The van der Waals surface area contributed by atoms with Crippen LogP contribution in [0.15, 0.2) is 18.2 Å². The third-order valence-electron chi connectivity index (χ3n) is 3.32. The Hall–Kier alpha value is -1.22. The maximum atomic E-state index is 9.51. The first-order valence-corrected chi connectivity index (χ1v) is 5.80. The molecule has 2 rings (SSSR count). The normalized spacial score (nSPS) is 21.2. The number of hydrogen-bond donors (Lipinski definition) is 1. The van der Waals surface area contributed by atoms with Gasteiger partial charge in [-0.05, 0) is 44.0 Å². The van der Waals surface area contributed by atoms with E-state index in [-0.39, 0.29) is 5.75 Å². The summed E-state index contributed by atoms with van der Waals surface area (Å²) in [6.45, 7) is 4.38. The number of ether oxygens (including phenoxy) is 1. The number of hydrogen-bond acceptors (Lipinski definition) is 3. The molecular weight excluding hydrogens is 202 g/mol. The largest absolute Gasteiger partial charge is 0.504 e. The Kier molecular flexibility index (Phi) is 3.34. The van der Waals surface area contributed by atoms with Crippen LogP contribution in [-0.2, 0) is 6.54 Å². The van der Waals surface area contributed by atoms with Crippen LogP contribution < -0.4 is 4.74 Å². The molecule has 0 bridgehead atoms. The molecule has 0 amide bonds. The van der Waals surface area contributed by atoms with Gasteiger partial charge in [-0.2, -0.15) is 0 Å². The molecule has 1 aromatic carbocycles. The summed E-state index contributed by atoms with van der Waals surface area (Å²) in [7, 11) is 1.58. The Morgan fingerprint density at radius 3 is 2.94 bits per heavy atom. The van der Waals surface area contributed by atoms with Crippen molar-refractivity contribution in [1.82, 2.24) is 4.90 Å². The third-order valence-corrected chi connectivity index (χ3v) is 3.32. The van der Waals surface area contributed by atoms with Crippen molar-refractivity contribution in [3.63, 3.8) is 0 Å². The van der Waals surface area contributed by atoms with E-state index in [1.165, 1.54) is 24.9 Å². The van der Waals surface area contributed by atoms with Gasteiger partial charge in [-0.25, -0.2) is 0 Å². The van der Waals surface area contributed by atoms with Gasteiger partial charge in [0.15, 0.2) is 11.5 Å². The third kappa shape index (κ3) is 2.30. The second-order valence-electron chi connectivity index (χ2n) is 4.47. The van der Waals surface area contributed by atoms with Gasteiger partial charge in [0, 0.05) is 12.6 Å². The van der Waals surface area contributed by atoms with Crippen molar-refractivity contribution < 1.29 is 9.84 Å². The minimum atomic E-state index is 0.209. The van der Waals surface area contributed by atoms with E-state index in [1.807, 2.05) is 12.1 Å². The van der Waals surface area contributed by atoms with Gasteiger partial charge >= 0.3 is 0 Å². The van der Waals surface area contributed by atoms with Crippen molar-refractivity contribution >= 4 is 0 Å². The zero-order valence-electron chi connectivity index (χ0n) is 9.94. The van der Waals surface area contributed by atoms with Crippen LogP contribution in [0.3, 0.4) is 0 Å². The van der Waals surface area contributed by atoms with E-state index >= 15 is 0 Å². The summed E-state index contributed by atoms with van der Waals surface area (Å²) >= 11 is 0. The number of rotatable bonds is 3. The topological polar surface area (TPSA) is 32.7 Å². The number of nitrogens with zero attached hydrogens (tertiary/aromatic N) is 1. The van der Waals surface area contributed by atoms with E-state index in [4.69, 9.17) is 4.74 Å². The first-order valence-electron chi connectivity index (χ1n) is 5.80. The first-order chi connectivity index (χ1) is 7.70. The predicted octanol–water partition coefficient (Wildman–Crippen LogP) is 2.39. The molecule has 1 N–H and O–H groups in total. The number of phenolic OH excluding ortho intramolecular Hbond substituents is 1. The lowest BCUT2D eigenvalue weighted by Crippen LogP contribution is -2.26. The minimum absolute atomic E-state index is 0.209. The van der Waals surface area contributed by atoms with Crippen molar-refractivity contribution in [2.75, 3.05) is 13.7 Å². The smallest absolute Gasteiger partial charge is 0.160 e. The summed E-state index contributed by atoms with van der Waals surface area (Å²) in [6.07, 6.45) is 2.58. The van der Waals surface area contributed by atoms with Crippen LogP contribution in [0.25, 0.3) is 0 Å². The lowest BCUT2D eigenvalue weighted by molar-refractivity contribution is 0.259. The highest BCUT2D eigenvalue weighted by molar-refractivity contribution is 5.41. The average Bonchev–Trinajstić information content (AvgIpc) is 2.67. The van der Waals surface area contributed by atoms with Crippen LogP contribution in [0, 0.1) is 0 Å². The Balaban J connectivity index is 2.09. The predicted molar refractivity (Wildman–Crippen MR) is 63.8 cm³/mol. The minimum Gasteiger partial charge on any atom is -0.504 e. The van der Waals surface area contributed by atoms with Gasteiger partial charge in [0.2, 0.25) is 0 Å². The summed E-state index contributed by atoms with van der Waals surface area (Å²) in [6, 6.07) is 6.25. The molecule has 16 heavy (non-hydrogen) atoms. The van der Waals surface area contributed by atoms with Gasteiger partial charge in [-0.3, -0.25) is 4.90 Å². The average molecular weight is 221 g/mol. The molecule has 1 unspecified atom stereocenters. The Labute approximate surface area is 96.6 Å². The van der Waals surface area contributed by atoms with E-state index in [1.54, 1.807) is 13.2 Å². The van der Waals surface area contributed by atoms with Gasteiger partial charge in [-0.1, -0.05) is 6.07 Å². The molecule has 1 aliphatic rings. The van der Waals surface area contributed by atoms with Crippen molar-refractivity contribution in [2.45, 2.75) is 32.4 Å². The fraction of sp³-hybridized carbons (Fsp3) is 0.538. The standard InChI is InChI=1S/C13H19NO2/c1-10-4-3-7-14(10)9-11-5-6-12(15)13(8-11)16-2/h5-6,8,10,15H,3-4,7,9H2,1-2H3. The zero-order valence-corrected chi connectivity index (χ0v) is 9.94. The Morgan fingerprint density at radius 1 is 1.50 bits per heavy atom. The van der Waals surface area contributed by atoms with Crippen LogP contribution in [0.5, 0.6) is 11.5 Å². The van der Waals surface area contributed by atoms with Crippen molar-refractivity contribution in [3.05, 3.63) is 23.8 Å². The summed E-state index contributed by atoms with van der Waals surface area (Å²) < 4.78 is 5.11. The molecule has 1 aromatic rings. The van der Waals surface area contributed by atoms with Gasteiger partial charge in [0.1, 0.15) is 0 Å². The van der Waals surface area contributed by atoms with Crippen LogP contribution in [0.1, 0.15) is 25.3 Å². The molecule has 0 aliphatic carbocycles. The van der Waals surface area contributed by atoms with E-state index in [0.29, 0.717) is 11.8 Å². The molecule has 1 heterocycles. The van der Waals surface area contributed by atoms with Crippen LogP contribution in [-0.4, -0.2) is 29.7 Å². The second-order valence-corrected chi connectivity index (χ2v) is 4.47. The van der Waals surface area contributed by atoms with Gasteiger partial charge in [-0.15, -0.1) is 0 Å². The highest BCUT2D eigenvalue weighted by Gasteiger charge is 2.20. The van der Waals surface area contributed by atoms with E-state index in [9.17, 15) is 5.11 Å². The molecule has 3 nitrogen and oxygen atoms in total. The highest BCUT2D eigenvalue weighted by atomic mass is 16.5. The van der Waals surface area contributed by atoms with E-state index < -0.39 is 0 Å². The van der Waals surface area contributed by atoms with Gasteiger partial charge in [0.25, 0.3) is 0 Å². The van der Waals surface area contributed by atoms with Crippen LogP contribution in [0.4, 0.5) is 0 Å². The number of methoxy groups -OCH3 is 1. The quantitative estimate of drug-likeness (QED) is 0.850. The molecule has 3 heteroatoms. The molecule has 0 aromatic heterocycles. The molecule has 0 spiro atoms. The first kappa shape index (κ1) is 11.3. The monoisotopic (exact) mass is 221 g/mol. The summed E-state index contributed by atoms with van der Waals surface area (Å²) in [5.74, 6) is 0.769. The number of aromatic hydroxyl groups is 1. The fourth-order valence-corrected chi connectivity index (χ4v) is 2.28. The molecule has 1 fully saturated rings. The molecule has 1 atom stereocenters. The number of benzene rings is 1. The summed E-state index contributed by atoms with van der Waals surface area (Å²) in [4.78, 5) is 2.46. The molecule has 1 saturated heterocycles. The van der Waals surface area contributed by atoms with Crippen LogP contribution >= 0.6 is 0 Å². The van der Waals surface area contributed by atoms with Gasteiger partial charge in [0.05, 0.1) is 7.11 Å². The molecule has 0 radical (unpaired) electrons. The van der Waals surface area contributed by atoms with E-state index in [2.05, 4.69) is 11.8 Å². The lowest BCUT2D eigenvalue weighted by atomic mass is 10.1. The SMILES string of the molecule is COc1cc(CN2CCCC2C)ccc1O. The Bertz CT molecular complexity index is 365.